The van der Waals surface area contributed by atoms with Gasteiger partial charge in [-0.15, -0.1) is 23.1 Å². The van der Waals surface area contributed by atoms with E-state index in [1.807, 2.05) is 48.9 Å². The number of rotatable bonds is 4. The van der Waals surface area contributed by atoms with Crippen molar-refractivity contribution in [2.75, 3.05) is 12.9 Å². The predicted molar refractivity (Wildman–Crippen MR) is 77.5 cm³/mol. The second-order valence-corrected chi connectivity index (χ2v) is 5.56. The molecule has 0 saturated carbocycles. The van der Waals surface area contributed by atoms with Crippen LogP contribution in [0.2, 0.25) is 0 Å². The fourth-order valence-corrected chi connectivity index (χ4v) is 3.43. The Bertz CT molecular complexity index is 532. The van der Waals surface area contributed by atoms with Gasteiger partial charge in [-0.25, -0.2) is 4.79 Å². The molecule has 0 amide bonds. The molecule has 0 aliphatic carbocycles. The molecule has 0 aliphatic rings. The molecule has 0 atom stereocenters. The number of thiophene rings is 1. The zero-order valence-corrected chi connectivity index (χ0v) is 11.9. The molecule has 0 spiro atoms. The van der Waals surface area contributed by atoms with E-state index in [0.717, 1.165) is 15.3 Å². The first-order valence-corrected chi connectivity index (χ1v) is 7.76. The number of ether oxygens (including phenoxy) is 1. The average molecular weight is 278 g/mol. The molecule has 0 unspecified atom stereocenters. The van der Waals surface area contributed by atoms with Crippen LogP contribution < -0.4 is 0 Å². The second kappa shape index (κ2) is 6.07. The normalized spacial score (nSPS) is 10.3. The Balaban J connectivity index is 2.49. The van der Waals surface area contributed by atoms with Gasteiger partial charge in [0.25, 0.3) is 0 Å². The summed E-state index contributed by atoms with van der Waals surface area (Å²) in [5.41, 5.74) is 2.71. The van der Waals surface area contributed by atoms with Gasteiger partial charge in [0, 0.05) is 10.9 Å². The van der Waals surface area contributed by atoms with Gasteiger partial charge in [-0.1, -0.05) is 30.3 Å². The monoisotopic (exact) mass is 278 g/mol. The molecule has 0 aliphatic heterocycles. The summed E-state index contributed by atoms with van der Waals surface area (Å²) in [6.45, 7) is 2.22. The van der Waals surface area contributed by atoms with Crippen molar-refractivity contribution in [1.29, 1.82) is 0 Å². The van der Waals surface area contributed by atoms with E-state index in [0.29, 0.717) is 12.2 Å². The maximum absolute atomic E-state index is 12.1. The van der Waals surface area contributed by atoms with Crippen molar-refractivity contribution in [3.05, 3.63) is 41.3 Å². The molecule has 0 bridgehead atoms. The van der Waals surface area contributed by atoms with Crippen molar-refractivity contribution in [3.8, 4) is 11.1 Å². The molecule has 0 radical (unpaired) electrons. The van der Waals surface area contributed by atoms with E-state index in [-0.39, 0.29) is 5.97 Å². The van der Waals surface area contributed by atoms with Gasteiger partial charge >= 0.3 is 5.97 Å². The second-order valence-electron chi connectivity index (χ2n) is 3.60. The van der Waals surface area contributed by atoms with Gasteiger partial charge in [0.05, 0.1) is 16.4 Å². The largest absolute Gasteiger partial charge is 0.462 e. The van der Waals surface area contributed by atoms with Crippen molar-refractivity contribution in [1.82, 2.24) is 0 Å². The molecule has 0 saturated heterocycles. The molecule has 0 N–H and O–H groups in total. The molecular weight excluding hydrogens is 264 g/mol. The van der Waals surface area contributed by atoms with Crippen LogP contribution in [0, 0.1) is 0 Å². The number of thioether (sulfide) groups is 1. The molecule has 1 aromatic carbocycles. The number of benzene rings is 1. The van der Waals surface area contributed by atoms with E-state index >= 15 is 0 Å². The highest BCUT2D eigenvalue weighted by atomic mass is 32.2. The summed E-state index contributed by atoms with van der Waals surface area (Å²) in [4.78, 5) is 12.1. The van der Waals surface area contributed by atoms with Gasteiger partial charge in [0.15, 0.2) is 0 Å². The summed E-state index contributed by atoms with van der Waals surface area (Å²) in [5.74, 6) is -0.234. The van der Waals surface area contributed by atoms with Crippen molar-refractivity contribution in [2.24, 2.45) is 0 Å². The molecule has 94 valence electrons. The Morgan fingerprint density at radius 1 is 1.33 bits per heavy atom. The smallest absolute Gasteiger partial charge is 0.340 e. The molecule has 2 rings (SSSR count). The summed E-state index contributed by atoms with van der Waals surface area (Å²) < 4.78 is 6.15. The fraction of sp³-hybridized carbons (Fsp3) is 0.214. The molecule has 2 nitrogen and oxygen atoms in total. The predicted octanol–water partition coefficient (Wildman–Crippen LogP) is 4.31. The van der Waals surface area contributed by atoms with E-state index in [9.17, 15) is 4.79 Å². The third-order valence-electron chi connectivity index (χ3n) is 2.51. The Morgan fingerprint density at radius 3 is 2.67 bits per heavy atom. The first kappa shape index (κ1) is 13.2. The highest BCUT2D eigenvalue weighted by Gasteiger charge is 2.20. The lowest BCUT2D eigenvalue weighted by Crippen LogP contribution is -2.05. The summed E-state index contributed by atoms with van der Waals surface area (Å²) in [6, 6.07) is 9.93. The van der Waals surface area contributed by atoms with Gasteiger partial charge in [-0.2, -0.15) is 0 Å². The summed E-state index contributed by atoms with van der Waals surface area (Å²) in [5, 5.41) is 2.02. The molecule has 1 aromatic heterocycles. The Morgan fingerprint density at radius 2 is 2.06 bits per heavy atom. The molecule has 18 heavy (non-hydrogen) atoms. The molecule has 0 fully saturated rings. The van der Waals surface area contributed by atoms with E-state index in [4.69, 9.17) is 4.74 Å². The van der Waals surface area contributed by atoms with Crippen molar-refractivity contribution in [3.63, 3.8) is 0 Å². The summed E-state index contributed by atoms with van der Waals surface area (Å²) in [7, 11) is 0. The van der Waals surface area contributed by atoms with E-state index in [2.05, 4.69) is 0 Å². The number of hydrogen-bond acceptors (Lipinski definition) is 4. The van der Waals surface area contributed by atoms with Crippen LogP contribution in [0.25, 0.3) is 11.1 Å². The van der Waals surface area contributed by atoms with Crippen LogP contribution in [0.3, 0.4) is 0 Å². The first-order valence-electron chi connectivity index (χ1n) is 5.66. The van der Waals surface area contributed by atoms with Gasteiger partial charge < -0.3 is 4.74 Å². The molecule has 4 heteroatoms. The lowest BCUT2D eigenvalue weighted by atomic mass is 10.1. The van der Waals surface area contributed by atoms with E-state index in [1.165, 1.54) is 0 Å². The van der Waals surface area contributed by atoms with Gasteiger partial charge in [-0.05, 0) is 18.7 Å². The quantitative estimate of drug-likeness (QED) is 0.615. The van der Waals surface area contributed by atoms with Crippen molar-refractivity contribution < 1.29 is 9.53 Å². The zero-order valence-electron chi connectivity index (χ0n) is 10.3. The Kier molecular flexibility index (Phi) is 4.44. The highest BCUT2D eigenvalue weighted by molar-refractivity contribution is 8.00. The standard InChI is InChI=1S/C14H14O2S2/c1-3-16-13(15)12-11(9-18-14(12)17-2)10-7-5-4-6-8-10/h4-9H,3H2,1-2H3. The number of carbonyl (C=O) groups excluding carboxylic acids is 1. The zero-order chi connectivity index (χ0) is 13.0. The lowest BCUT2D eigenvalue weighted by molar-refractivity contribution is 0.0524. The average Bonchev–Trinajstić information content (AvgIpc) is 2.84. The number of hydrogen-bond donors (Lipinski definition) is 0. The van der Waals surface area contributed by atoms with Crippen LogP contribution in [-0.4, -0.2) is 18.8 Å². The SMILES string of the molecule is CCOC(=O)c1c(-c2ccccc2)csc1SC. The third kappa shape index (κ3) is 2.60. The minimum absolute atomic E-state index is 0.234. The van der Waals surface area contributed by atoms with Crippen molar-refractivity contribution >= 4 is 29.1 Å². The van der Waals surface area contributed by atoms with Crippen LogP contribution in [0.15, 0.2) is 39.9 Å². The van der Waals surface area contributed by atoms with Crippen LogP contribution in [0.1, 0.15) is 17.3 Å². The van der Waals surface area contributed by atoms with E-state index in [1.54, 1.807) is 23.1 Å². The highest BCUT2D eigenvalue weighted by Crippen LogP contribution is 2.37. The van der Waals surface area contributed by atoms with Crippen LogP contribution in [-0.2, 0) is 4.74 Å². The van der Waals surface area contributed by atoms with Crippen LogP contribution in [0.5, 0.6) is 0 Å². The third-order valence-corrected chi connectivity index (χ3v) is 4.64. The van der Waals surface area contributed by atoms with Crippen LogP contribution >= 0.6 is 23.1 Å². The first-order chi connectivity index (χ1) is 8.77. The summed E-state index contributed by atoms with van der Waals surface area (Å²) >= 11 is 3.17. The van der Waals surface area contributed by atoms with Crippen LogP contribution in [0.4, 0.5) is 0 Å². The van der Waals surface area contributed by atoms with Gasteiger partial charge in [0.2, 0.25) is 0 Å². The maximum atomic E-state index is 12.1. The number of carbonyl (C=O) groups is 1. The molecular formula is C14H14O2S2. The topological polar surface area (TPSA) is 26.3 Å². The Hall–Kier alpha value is -1.26. The summed E-state index contributed by atoms with van der Waals surface area (Å²) in [6.07, 6.45) is 1.98. The number of esters is 1. The minimum atomic E-state index is -0.234. The molecule has 2 aromatic rings. The van der Waals surface area contributed by atoms with Crippen molar-refractivity contribution in [2.45, 2.75) is 11.1 Å². The molecule has 1 heterocycles. The maximum Gasteiger partial charge on any atom is 0.340 e. The minimum Gasteiger partial charge on any atom is -0.462 e. The van der Waals surface area contributed by atoms with Gasteiger partial charge in [0.1, 0.15) is 0 Å². The van der Waals surface area contributed by atoms with Gasteiger partial charge in [-0.3, -0.25) is 0 Å². The lowest BCUT2D eigenvalue weighted by Gasteiger charge is -2.06. The van der Waals surface area contributed by atoms with E-state index < -0.39 is 0 Å². The fourth-order valence-electron chi connectivity index (χ4n) is 1.72. The Labute approximate surface area is 115 Å².